The number of carbonyl (C=O) groups excluding carboxylic acids is 1. The first-order chi connectivity index (χ1) is 9.97. The minimum atomic E-state index is -0.0360. The van der Waals surface area contributed by atoms with E-state index >= 15 is 0 Å². The summed E-state index contributed by atoms with van der Waals surface area (Å²) in [5.74, 6) is 2.70. The fourth-order valence-corrected chi connectivity index (χ4v) is 7.37. The third kappa shape index (κ3) is 1.84. The fraction of sp³-hybridized carbons (Fsp3) is 0.842. The van der Waals surface area contributed by atoms with Gasteiger partial charge in [-0.15, -0.1) is 0 Å². The smallest absolute Gasteiger partial charge is 0.152 e. The van der Waals surface area contributed by atoms with E-state index in [1.165, 1.54) is 38.5 Å². The summed E-state index contributed by atoms with van der Waals surface area (Å²) in [4.78, 5) is 12.8. The molecule has 4 rings (SSSR count). The average Bonchev–Trinajstić information content (AvgIpc) is 2.70. The Balaban J connectivity index is 1.71. The predicted molar refractivity (Wildman–Crippen MR) is 89.4 cm³/mol. The first kappa shape index (κ1) is 14.5. The van der Waals surface area contributed by atoms with Gasteiger partial charge in [0.1, 0.15) is 0 Å². The SMILES string of the molecule is C[C@]12CCCCC1=CC[C@@H]1[C@@H]2CC[C@]2(C)C(=O)[C@@H](Br)C[C@@H]12. The van der Waals surface area contributed by atoms with E-state index in [-0.39, 0.29) is 10.2 Å². The normalized spacial score (nSPS) is 52.7. The maximum atomic E-state index is 12.6. The van der Waals surface area contributed by atoms with Crippen LogP contribution in [0.3, 0.4) is 0 Å². The Morgan fingerprint density at radius 2 is 1.95 bits per heavy atom. The monoisotopic (exact) mass is 350 g/mol. The largest absolute Gasteiger partial charge is 0.298 e. The van der Waals surface area contributed by atoms with Crippen molar-refractivity contribution in [1.82, 2.24) is 0 Å². The molecule has 0 aromatic heterocycles. The number of ketones is 1. The van der Waals surface area contributed by atoms with Gasteiger partial charge in [-0.2, -0.15) is 0 Å². The molecule has 2 heteroatoms. The summed E-state index contributed by atoms with van der Waals surface area (Å²) < 4.78 is 0. The average molecular weight is 351 g/mol. The highest BCUT2D eigenvalue weighted by atomic mass is 79.9. The Kier molecular flexibility index (Phi) is 3.24. The topological polar surface area (TPSA) is 17.1 Å². The maximum Gasteiger partial charge on any atom is 0.152 e. The lowest BCUT2D eigenvalue weighted by Crippen LogP contribution is -2.49. The maximum absolute atomic E-state index is 12.6. The van der Waals surface area contributed by atoms with Crippen LogP contribution >= 0.6 is 15.9 Å². The van der Waals surface area contributed by atoms with Crippen LogP contribution in [0.15, 0.2) is 11.6 Å². The zero-order valence-electron chi connectivity index (χ0n) is 13.3. The summed E-state index contributed by atoms with van der Waals surface area (Å²) >= 11 is 3.66. The molecule has 0 heterocycles. The van der Waals surface area contributed by atoms with Crippen LogP contribution in [0.1, 0.15) is 65.2 Å². The molecule has 0 N–H and O–H groups in total. The Morgan fingerprint density at radius 1 is 1.14 bits per heavy atom. The fourth-order valence-electron chi connectivity index (χ4n) is 6.45. The molecule has 0 saturated heterocycles. The van der Waals surface area contributed by atoms with E-state index in [2.05, 4.69) is 35.9 Å². The summed E-state index contributed by atoms with van der Waals surface area (Å²) in [6.07, 6.45) is 12.8. The Hall–Kier alpha value is -0.110. The van der Waals surface area contributed by atoms with Crippen molar-refractivity contribution < 1.29 is 4.79 Å². The molecule has 0 aromatic carbocycles. The molecule has 0 unspecified atom stereocenters. The van der Waals surface area contributed by atoms with E-state index in [4.69, 9.17) is 0 Å². The number of rotatable bonds is 0. The van der Waals surface area contributed by atoms with Gasteiger partial charge in [0.05, 0.1) is 4.83 Å². The Labute approximate surface area is 137 Å². The minimum Gasteiger partial charge on any atom is -0.298 e. The molecule has 0 radical (unpaired) electrons. The molecule has 3 saturated carbocycles. The molecule has 116 valence electrons. The van der Waals surface area contributed by atoms with Crippen molar-refractivity contribution in [3.05, 3.63) is 11.6 Å². The number of alkyl halides is 1. The van der Waals surface area contributed by atoms with Crippen LogP contribution in [0.5, 0.6) is 0 Å². The van der Waals surface area contributed by atoms with Crippen LogP contribution in [0, 0.1) is 28.6 Å². The van der Waals surface area contributed by atoms with Crippen LogP contribution in [-0.4, -0.2) is 10.6 Å². The standard InChI is InChI=1S/C19H27BrO/c1-18-9-4-3-5-12(18)6-7-13-14(18)8-10-19(2)15(13)11-16(20)17(19)21/h6,13-16H,3-5,7-11H2,1-2H3/t13-,14+,15+,16+,18+,19+/m1/s1. The van der Waals surface area contributed by atoms with Crippen molar-refractivity contribution in [2.24, 2.45) is 28.6 Å². The van der Waals surface area contributed by atoms with Crippen LogP contribution in [-0.2, 0) is 4.79 Å². The molecule has 6 atom stereocenters. The van der Waals surface area contributed by atoms with Crippen LogP contribution in [0.4, 0.5) is 0 Å². The summed E-state index contributed by atoms with van der Waals surface area (Å²) in [6.45, 7) is 4.81. The molecule has 0 bridgehead atoms. The zero-order valence-corrected chi connectivity index (χ0v) is 14.9. The Morgan fingerprint density at radius 3 is 2.76 bits per heavy atom. The van der Waals surface area contributed by atoms with E-state index in [9.17, 15) is 4.79 Å². The number of carbonyl (C=O) groups is 1. The van der Waals surface area contributed by atoms with Gasteiger partial charge in [0, 0.05) is 5.41 Å². The Bertz CT molecular complexity index is 510. The number of hydrogen-bond donors (Lipinski definition) is 0. The number of fused-ring (bicyclic) bond motifs is 5. The minimum absolute atomic E-state index is 0.0360. The van der Waals surface area contributed by atoms with Gasteiger partial charge in [0.15, 0.2) is 5.78 Å². The van der Waals surface area contributed by atoms with Gasteiger partial charge < -0.3 is 0 Å². The first-order valence-electron chi connectivity index (χ1n) is 8.85. The van der Waals surface area contributed by atoms with E-state index in [1.54, 1.807) is 5.57 Å². The highest BCUT2D eigenvalue weighted by Gasteiger charge is 2.60. The van der Waals surface area contributed by atoms with Gasteiger partial charge in [-0.3, -0.25) is 4.79 Å². The van der Waals surface area contributed by atoms with Gasteiger partial charge in [0.25, 0.3) is 0 Å². The highest BCUT2D eigenvalue weighted by Crippen LogP contribution is 2.64. The second kappa shape index (κ2) is 4.69. The zero-order chi connectivity index (χ0) is 14.8. The highest BCUT2D eigenvalue weighted by molar-refractivity contribution is 9.10. The number of hydrogen-bond acceptors (Lipinski definition) is 1. The van der Waals surface area contributed by atoms with Crippen molar-refractivity contribution in [3.63, 3.8) is 0 Å². The second-order valence-electron chi connectivity index (χ2n) is 8.49. The summed E-state index contributed by atoms with van der Waals surface area (Å²) in [5, 5.41) is 0. The molecule has 21 heavy (non-hydrogen) atoms. The summed E-state index contributed by atoms with van der Waals surface area (Å²) in [5.41, 5.74) is 2.18. The van der Waals surface area contributed by atoms with E-state index in [0.29, 0.717) is 17.1 Å². The summed E-state index contributed by atoms with van der Waals surface area (Å²) in [7, 11) is 0. The van der Waals surface area contributed by atoms with Crippen molar-refractivity contribution in [2.45, 2.75) is 70.0 Å². The van der Waals surface area contributed by atoms with Gasteiger partial charge in [-0.05, 0) is 68.1 Å². The van der Waals surface area contributed by atoms with Crippen molar-refractivity contribution >= 4 is 21.7 Å². The molecule has 0 aromatic rings. The van der Waals surface area contributed by atoms with Crippen LogP contribution in [0.25, 0.3) is 0 Å². The molecule has 4 aliphatic carbocycles. The predicted octanol–water partition coefficient (Wildman–Crippen LogP) is 5.28. The van der Waals surface area contributed by atoms with Crippen molar-refractivity contribution in [3.8, 4) is 0 Å². The van der Waals surface area contributed by atoms with Gasteiger partial charge >= 0.3 is 0 Å². The first-order valence-corrected chi connectivity index (χ1v) is 9.76. The second-order valence-corrected chi connectivity index (χ2v) is 9.60. The van der Waals surface area contributed by atoms with E-state index in [1.807, 2.05) is 0 Å². The van der Waals surface area contributed by atoms with Gasteiger partial charge in [0.2, 0.25) is 0 Å². The molecule has 0 amide bonds. The van der Waals surface area contributed by atoms with E-state index < -0.39 is 0 Å². The molecular formula is C19H27BrO. The van der Waals surface area contributed by atoms with E-state index in [0.717, 1.165) is 24.7 Å². The molecule has 0 spiro atoms. The third-order valence-electron chi connectivity index (χ3n) is 7.72. The molecular weight excluding hydrogens is 324 g/mol. The summed E-state index contributed by atoms with van der Waals surface area (Å²) in [6, 6.07) is 0. The van der Waals surface area contributed by atoms with Gasteiger partial charge in [-0.1, -0.05) is 47.8 Å². The third-order valence-corrected chi connectivity index (χ3v) is 8.51. The molecule has 0 aliphatic heterocycles. The number of allylic oxidation sites excluding steroid dienone is 2. The quantitative estimate of drug-likeness (QED) is 0.429. The lowest BCUT2D eigenvalue weighted by atomic mass is 9.48. The van der Waals surface area contributed by atoms with Crippen molar-refractivity contribution in [1.29, 1.82) is 0 Å². The van der Waals surface area contributed by atoms with Crippen molar-refractivity contribution in [2.75, 3.05) is 0 Å². The van der Waals surface area contributed by atoms with Crippen LogP contribution in [0.2, 0.25) is 0 Å². The van der Waals surface area contributed by atoms with Crippen LogP contribution < -0.4 is 0 Å². The number of Topliss-reactive ketones (excluding diaryl/α,β-unsaturated/α-hetero) is 1. The molecule has 1 nitrogen and oxygen atoms in total. The molecule has 3 fully saturated rings. The molecule has 4 aliphatic rings. The lowest BCUT2D eigenvalue weighted by molar-refractivity contribution is -0.131. The lowest BCUT2D eigenvalue weighted by Gasteiger charge is -2.56. The van der Waals surface area contributed by atoms with Gasteiger partial charge in [-0.25, -0.2) is 0 Å². The number of halogens is 1.